The Morgan fingerprint density at radius 3 is 2.64 bits per heavy atom. The number of β-amino-alcohol motifs (C(OH)–C–C–N with tert-alkyl or cyclic N) is 1. The number of aliphatic hydroxyl groups is 1. The van der Waals surface area contributed by atoms with E-state index in [4.69, 9.17) is 16.3 Å². The largest absolute Gasteiger partial charge is 0.458 e. The molecule has 1 amide bonds. The molecule has 11 heteroatoms. The van der Waals surface area contributed by atoms with Crippen LogP contribution in [-0.2, 0) is 39.7 Å². The molecule has 1 fully saturated rings. The van der Waals surface area contributed by atoms with Gasteiger partial charge in [-0.3, -0.25) is 14.4 Å². The van der Waals surface area contributed by atoms with Crippen molar-refractivity contribution in [1.29, 1.82) is 0 Å². The standard InChI is InChI=1S/C36H38ClFN4O4S/c1-3-42-21-30(34(39-42)36(2,38)35(45)46-23-24-10-5-4-6-11-24)27-13-8-7-12-26(27)29-20-41(22-31-28(29)18-32(37)47-31)33(44)14-9-16-40-17-15-25(43)19-40/h4-14,18,21,25,29,43H,3,15-17,19-20,22-23H2,1-2H3/b14-9+/t25?,29-,36?/m0/s1. The lowest BCUT2D eigenvalue weighted by molar-refractivity contribution is -0.159. The van der Waals surface area contributed by atoms with E-state index in [0.717, 1.165) is 40.1 Å². The summed E-state index contributed by atoms with van der Waals surface area (Å²) < 4.78 is 24.3. The van der Waals surface area contributed by atoms with Crippen molar-refractivity contribution in [2.45, 2.75) is 57.7 Å². The van der Waals surface area contributed by atoms with E-state index in [1.54, 1.807) is 17.0 Å². The number of aromatic nitrogens is 2. The number of aryl methyl sites for hydroxylation is 1. The van der Waals surface area contributed by atoms with Crippen molar-refractivity contribution in [1.82, 2.24) is 19.6 Å². The van der Waals surface area contributed by atoms with Crippen molar-refractivity contribution in [3.63, 3.8) is 0 Å². The topological polar surface area (TPSA) is 87.9 Å². The van der Waals surface area contributed by atoms with E-state index in [9.17, 15) is 14.7 Å². The van der Waals surface area contributed by atoms with Crippen LogP contribution in [0.4, 0.5) is 4.39 Å². The molecule has 0 aliphatic carbocycles. The molecule has 2 aliphatic rings. The Bertz CT molecular complexity index is 1770. The van der Waals surface area contributed by atoms with Crippen molar-refractivity contribution in [2.24, 2.45) is 0 Å². The second-order valence-corrected chi connectivity index (χ2v) is 14.0. The number of esters is 1. The average Bonchev–Trinajstić information content (AvgIpc) is 3.81. The fraction of sp³-hybridized carbons (Fsp3) is 0.361. The fourth-order valence-electron chi connectivity index (χ4n) is 6.33. The molecule has 2 aromatic carbocycles. The lowest BCUT2D eigenvalue weighted by atomic mass is 9.83. The van der Waals surface area contributed by atoms with E-state index >= 15 is 4.39 Å². The molecule has 0 radical (unpaired) electrons. The number of ether oxygens (including phenoxy) is 1. The predicted molar refractivity (Wildman–Crippen MR) is 181 cm³/mol. The van der Waals surface area contributed by atoms with E-state index in [1.807, 2.05) is 78.6 Å². The monoisotopic (exact) mass is 676 g/mol. The summed E-state index contributed by atoms with van der Waals surface area (Å²) in [5, 5.41) is 14.4. The molecule has 246 valence electrons. The van der Waals surface area contributed by atoms with Crippen molar-refractivity contribution in [3.8, 4) is 11.1 Å². The molecule has 6 rings (SSSR count). The zero-order valence-corrected chi connectivity index (χ0v) is 28.0. The average molecular weight is 677 g/mol. The maximum atomic E-state index is 16.6. The number of aliphatic hydroxyl groups excluding tert-OH is 1. The van der Waals surface area contributed by atoms with Crippen LogP contribution < -0.4 is 0 Å². The van der Waals surface area contributed by atoms with Gasteiger partial charge in [0.15, 0.2) is 0 Å². The number of carbonyl (C=O) groups is 2. The number of thiophene rings is 1. The molecule has 0 bridgehead atoms. The molecular weight excluding hydrogens is 639 g/mol. The number of carbonyl (C=O) groups excluding carboxylic acids is 2. The Balaban J connectivity index is 1.31. The predicted octanol–water partition coefficient (Wildman–Crippen LogP) is 6.31. The van der Waals surface area contributed by atoms with Crippen molar-refractivity contribution in [3.05, 3.63) is 111 Å². The molecule has 47 heavy (non-hydrogen) atoms. The maximum absolute atomic E-state index is 16.6. The van der Waals surface area contributed by atoms with Crippen molar-refractivity contribution in [2.75, 3.05) is 26.2 Å². The highest BCUT2D eigenvalue weighted by atomic mass is 35.5. The number of nitrogens with zero attached hydrogens (tertiary/aromatic N) is 4. The Kier molecular flexibility index (Phi) is 9.93. The third-order valence-corrected chi connectivity index (χ3v) is 10.1. The number of likely N-dealkylation sites (tertiary alicyclic amines) is 1. The summed E-state index contributed by atoms with van der Waals surface area (Å²) in [6.45, 7) is 6.36. The smallest absolute Gasteiger partial charge is 0.350 e. The minimum Gasteiger partial charge on any atom is -0.458 e. The normalized spacial score (nSPS) is 19.6. The molecule has 0 spiro atoms. The number of amides is 1. The quantitative estimate of drug-likeness (QED) is 0.157. The highest BCUT2D eigenvalue weighted by molar-refractivity contribution is 7.16. The second-order valence-electron chi connectivity index (χ2n) is 12.2. The molecule has 2 aliphatic heterocycles. The Hall–Kier alpha value is -3.83. The summed E-state index contributed by atoms with van der Waals surface area (Å²) in [4.78, 5) is 31.7. The number of alkyl halides is 1. The number of hydrogen-bond donors (Lipinski definition) is 1. The van der Waals surface area contributed by atoms with Crippen molar-refractivity contribution < 1.29 is 23.8 Å². The van der Waals surface area contributed by atoms with Gasteiger partial charge in [-0.15, -0.1) is 11.3 Å². The molecular formula is C36H38ClFN4O4S. The molecule has 4 heterocycles. The van der Waals surface area contributed by atoms with Gasteiger partial charge in [-0.2, -0.15) is 5.10 Å². The minimum absolute atomic E-state index is 0.0212. The summed E-state index contributed by atoms with van der Waals surface area (Å²) in [6, 6.07) is 18.8. The zero-order valence-electron chi connectivity index (χ0n) is 26.4. The lowest BCUT2D eigenvalue weighted by Gasteiger charge is -2.33. The molecule has 3 atom stereocenters. The van der Waals surface area contributed by atoms with E-state index in [1.165, 1.54) is 18.3 Å². The summed E-state index contributed by atoms with van der Waals surface area (Å²) in [5.41, 5.74) is 1.32. The van der Waals surface area contributed by atoms with Gasteiger partial charge in [-0.25, -0.2) is 9.18 Å². The first kappa shape index (κ1) is 33.1. The highest BCUT2D eigenvalue weighted by Crippen LogP contribution is 2.44. The van der Waals surface area contributed by atoms with Crippen LogP contribution >= 0.6 is 22.9 Å². The van der Waals surface area contributed by atoms with Gasteiger partial charge in [0.25, 0.3) is 0 Å². The van der Waals surface area contributed by atoms with Crippen LogP contribution in [0.3, 0.4) is 0 Å². The Labute approximate surface area is 283 Å². The van der Waals surface area contributed by atoms with Gasteiger partial charge >= 0.3 is 5.97 Å². The molecule has 1 saturated heterocycles. The van der Waals surface area contributed by atoms with Crippen LogP contribution in [0.25, 0.3) is 11.1 Å². The molecule has 2 unspecified atom stereocenters. The highest BCUT2D eigenvalue weighted by Gasteiger charge is 2.43. The number of rotatable bonds is 10. The van der Waals surface area contributed by atoms with Gasteiger partial charge < -0.3 is 14.7 Å². The molecule has 8 nitrogen and oxygen atoms in total. The first-order chi connectivity index (χ1) is 22.6. The fourth-order valence-corrected chi connectivity index (χ4v) is 7.69. The Morgan fingerprint density at radius 1 is 1.13 bits per heavy atom. The molecule has 0 saturated carbocycles. The number of benzene rings is 2. The summed E-state index contributed by atoms with van der Waals surface area (Å²) in [5.74, 6) is -1.38. The van der Waals surface area contributed by atoms with Crippen molar-refractivity contribution >= 4 is 34.8 Å². The zero-order chi connectivity index (χ0) is 33.1. The Morgan fingerprint density at radius 2 is 1.89 bits per heavy atom. The van der Waals surface area contributed by atoms with E-state index in [2.05, 4.69) is 10.00 Å². The SMILES string of the molecule is CCn1cc(-c2ccccc2[C@@H]2CN(C(=O)/C=C/CN3CCC(O)C3)Cc3sc(Cl)cc32)c(C(C)(F)C(=O)OCc2ccccc2)n1. The van der Waals surface area contributed by atoms with Gasteiger partial charge in [0, 0.05) is 61.4 Å². The van der Waals surface area contributed by atoms with Gasteiger partial charge in [-0.1, -0.05) is 72.3 Å². The van der Waals surface area contributed by atoms with Crippen LogP contribution in [0.5, 0.6) is 0 Å². The molecule has 1 N–H and O–H groups in total. The third-order valence-electron chi connectivity index (χ3n) is 8.86. The first-order valence-electron chi connectivity index (χ1n) is 15.8. The third kappa shape index (κ3) is 7.21. The van der Waals surface area contributed by atoms with E-state index < -0.39 is 11.6 Å². The van der Waals surface area contributed by atoms with Crippen LogP contribution in [0.2, 0.25) is 4.34 Å². The first-order valence-corrected chi connectivity index (χ1v) is 17.0. The van der Waals surface area contributed by atoms with Crippen LogP contribution in [0.1, 0.15) is 53.4 Å². The summed E-state index contributed by atoms with van der Waals surface area (Å²) >= 11 is 7.98. The number of halogens is 2. The van der Waals surface area contributed by atoms with E-state index in [-0.39, 0.29) is 30.2 Å². The van der Waals surface area contributed by atoms with Crippen LogP contribution in [-0.4, -0.2) is 68.8 Å². The second kappa shape index (κ2) is 14.1. The summed E-state index contributed by atoms with van der Waals surface area (Å²) in [6.07, 6.45) is 5.65. The molecule has 2 aromatic heterocycles. The molecule has 4 aromatic rings. The minimum atomic E-state index is -2.53. The van der Waals surface area contributed by atoms with Gasteiger partial charge in [0.2, 0.25) is 11.6 Å². The maximum Gasteiger partial charge on any atom is 0.350 e. The lowest BCUT2D eigenvalue weighted by Crippen LogP contribution is -2.37. The van der Waals surface area contributed by atoms with Gasteiger partial charge in [0.1, 0.15) is 12.3 Å². The van der Waals surface area contributed by atoms with E-state index in [0.29, 0.717) is 42.6 Å². The number of hydrogen-bond acceptors (Lipinski definition) is 7. The van der Waals surface area contributed by atoms with Gasteiger partial charge in [-0.05, 0) is 48.6 Å². The number of fused-ring (bicyclic) bond motifs is 1. The van der Waals surface area contributed by atoms with Gasteiger partial charge in [0.05, 0.1) is 17.0 Å². The van der Waals surface area contributed by atoms with Crippen LogP contribution in [0, 0.1) is 0 Å². The van der Waals surface area contributed by atoms with Crippen LogP contribution in [0.15, 0.2) is 79.0 Å². The summed E-state index contributed by atoms with van der Waals surface area (Å²) in [7, 11) is 0.